The van der Waals surface area contributed by atoms with E-state index in [9.17, 15) is 14.4 Å². The van der Waals surface area contributed by atoms with Crippen LogP contribution in [0.5, 0.6) is 0 Å². The molecule has 0 bridgehead atoms. The quantitative estimate of drug-likeness (QED) is 0.711. The molecule has 0 aliphatic heterocycles. The number of likely N-dealkylation sites (N-methyl/N-ethyl adjacent to an activating group) is 1. The molecular formula is C13H24N2O5. The third-order valence-corrected chi connectivity index (χ3v) is 3.04. The summed E-state index contributed by atoms with van der Waals surface area (Å²) in [6, 6.07) is -0.507. The molecule has 0 saturated carbocycles. The van der Waals surface area contributed by atoms with Crippen LogP contribution in [-0.2, 0) is 14.3 Å². The number of esters is 1. The van der Waals surface area contributed by atoms with E-state index in [1.54, 1.807) is 6.92 Å². The van der Waals surface area contributed by atoms with Crippen molar-refractivity contribution in [1.82, 2.24) is 9.80 Å². The highest BCUT2D eigenvalue weighted by Gasteiger charge is 2.37. The van der Waals surface area contributed by atoms with Gasteiger partial charge in [-0.15, -0.1) is 0 Å². The Morgan fingerprint density at radius 3 is 2.15 bits per heavy atom. The number of carbonyl (C=O) groups excluding carboxylic acids is 2. The van der Waals surface area contributed by atoms with Crippen LogP contribution in [0.3, 0.4) is 0 Å². The highest BCUT2D eigenvalue weighted by Crippen LogP contribution is 2.15. The molecule has 20 heavy (non-hydrogen) atoms. The van der Waals surface area contributed by atoms with E-state index >= 15 is 0 Å². The lowest BCUT2D eigenvalue weighted by molar-refractivity contribution is -0.147. The van der Waals surface area contributed by atoms with Crippen LogP contribution in [0.4, 0.5) is 4.79 Å². The Balaban J connectivity index is 4.96. The van der Waals surface area contributed by atoms with Gasteiger partial charge in [0.1, 0.15) is 12.1 Å². The Kier molecular flexibility index (Phi) is 7.02. The largest absolute Gasteiger partial charge is 0.480 e. The van der Waals surface area contributed by atoms with Gasteiger partial charge in [0.25, 0.3) is 0 Å². The van der Waals surface area contributed by atoms with Gasteiger partial charge in [0.2, 0.25) is 0 Å². The number of carboxylic acids is 1. The van der Waals surface area contributed by atoms with Crippen molar-refractivity contribution in [3.8, 4) is 0 Å². The van der Waals surface area contributed by atoms with Crippen LogP contribution in [0.2, 0.25) is 0 Å². The summed E-state index contributed by atoms with van der Waals surface area (Å²) in [4.78, 5) is 37.4. The van der Waals surface area contributed by atoms with E-state index in [2.05, 4.69) is 0 Å². The summed E-state index contributed by atoms with van der Waals surface area (Å²) in [7, 11) is 1.41. The molecule has 0 saturated heterocycles. The number of aliphatic carboxylic acids is 1. The van der Waals surface area contributed by atoms with E-state index in [1.165, 1.54) is 25.8 Å². The van der Waals surface area contributed by atoms with Crippen molar-refractivity contribution in [2.24, 2.45) is 0 Å². The van der Waals surface area contributed by atoms with E-state index in [0.717, 1.165) is 4.90 Å². The molecule has 0 radical (unpaired) electrons. The molecule has 0 heterocycles. The van der Waals surface area contributed by atoms with Gasteiger partial charge in [-0.2, -0.15) is 0 Å². The van der Waals surface area contributed by atoms with Crippen LogP contribution in [0.1, 0.15) is 34.1 Å². The Labute approximate surface area is 119 Å². The molecule has 0 aliphatic rings. The lowest BCUT2D eigenvalue weighted by Gasteiger charge is -2.35. The second kappa shape index (κ2) is 7.72. The van der Waals surface area contributed by atoms with Gasteiger partial charge in [0.15, 0.2) is 0 Å². The minimum atomic E-state index is -1.35. The highest BCUT2D eigenvalue weighted by atomic mass is 16.5. The van der Waals surface area contributed by atoms with Crippen molar-refractivity contribution in [3.63, 3.8) is 0 Å². The first-order chi connectivity index (χ1) is 9.18. The predicted molar refractivity (Wildman–Crippen MR) is 73.4 cm³/mol. The highest BCUT2D eigenvalue weighted by molar-refractivity contribution is 5.87. The molecule has 0 rings (SSSR count). The maximum absolute atomic E-state index is 12.3. The summed E-state index contributed by atoms with van der Waals surface area (Å²) in [5.74, 6) is -1.61. The number of ether oxygens (including phenoxy) is 1. The molecule has 7 heteroatoms. The molecule has 0 aromatic carbocycles. The fraction of sp³-hybridized carbons (Fsp3) is 0.769. The van der Waals surface area contributed by atoms with Crippen LogP contribution in [0.25, 0.3) is 0 Å². The normalized spacial score (nSPS) is 10.8. The number of carboxylic acid groups (broad SMARTS) is 1. The average Bonchev–Trinajstić information content (AvgIpc) is 2.36. The van der Waals surface area contributed by atoms with E-state index in [0.29, 0.717) is 13.0 Å². The molecule has 0 spiro atoms. The topological polar surface area (TPSA) is 87.2 Å². The molecular weight excluding hydrogens is 264 g/mol. The number of amides is 2. The van der Waals surface area contributed by atoms with Gasteiger partial charge < -0.3 is 19.6 Å². The van der Waals surface area contributed by atoms with E-state index in [4.69, 9.17) is 9.84 Å². The summed E-state index contributed by atoms with van der Waals surface area (Å²) in [5.41, 5.74) is -1.35. The second-order valence-corrected chi connectivity index (χ2v) is 4.93. The predicted octanol–water partition coefficient (Wildman–Crippen LogP) is 1.18. The Bertz CT molecular complexity index is 368. The molecule has 2 amide bonds. The number of hydrogen-bond acceptors (Lipinski definition) is 4. The van der Waals surface area contributed by atoms with E-state index < -0.39 is 23.5 Å². The van der Waals surface area contributed by atoms with Crippen LogP contribution < -0.4 is 0 Å². The standard InChI is InChI=1S/C13H24N2O5/c1-6-8-15(9-10(16)20-7-2)12(19)14(5)13(3,4)11(17)18/h6-9H2,1-5H3,(H,17,18). The fourth-order valence-electron chi connectivity index (χ4n) is 1.47. The van der Waals surface area contributed by atoms with E-state index in [-0.39, 0.29) is 13.2 Å². The van der Waals surface area contributed by atoms with Gasteiger partial charge in [-0.1, -0.05) is 6.92 Å². The van der Waals surface area contributed by atoms with Crippen molar-refractivity contribution in [2.45, 2.75) is 39.7 Å². The maximum atomic E-state index is 12.3. The SMILES string of the molecule is CCCN(CC(=O)OCC)C(=O)N(C)C(C)(C)C(=O)O. The molecule has 0 aliphatic carbocycles. The summed E-state index contributed by atoms with van der Waals surface area (Å²) in [6.45, 7) is 6.84. The van der Waals surface area contributed by atoms with Crippen LogP contribution in [0.15, 0.2) is 0 Å². The first-order valence-corrected chi connectivity index (χ1v) is 6.60. The van der Waals surface area contributed by atoms with Gasteiger partial charge in [-0.05, 0) is 27.2 Å². The molecule has 0 aromatic rings. The zero-order chi connectivity index (χ0) is 15.9. The summed E-state index contributed by atoms with van der Waals surface area (Å²) >= 11 is 0. The lowest BCUT2D eigenvalue weighted by Crippen LogP contribution is -2.56. The number of urea groups is 1. The van der Waals surface area contributed by atoms with E-state index in [1.807, 2.05) is 6.92 Å². The smallest absolute Gasteiger partial charge is 0.329 e. The number of rotatable bonds is 7. The molecule has 0 aromatic heterocycles. The molecule has 0 atom stereocenters. The van der Waals surface area contributed by atoms with Crippen molar-refractivity contribution in [1.29, 1.82) is 0 Å². The van der Waals surface area contributed by atoms with Crippen molar-refractivity contribution in [3.05, 3.63) is 0 Å². The van der Waals surface area contributed by atoms with Gasteiger partial charge >= 0.3 is 18.0 Å². The average molecular weight is 288 g/mol. The number of carbonyl (C=O) groups is 3. The second-order valence-electron chi connectivity index (χ2n) is 4.93. The van der Waals surface area contributed by atoms with Gasteiger partial charge in [-0.25, -0.2) is 9.59 Å². The Hall–Kier alpha value is -1.79. The van der Waals surface area contributed by atoms with Crippen molar-refractivity contribution in [2.75, 3.05) is 26.7 Å². The van der Waals surface area contributed by atoms with Gasteiger partial charge in [0, 0.05) is 13.6 Å². The summed E-state index contributed by atoms with van der Waals surface area (Å²) in [6.07, 6.45) is 0.659. The maximum Gasteiger partial charge on any atom is 0.329 e. The van der Waals surface area contributed by atoms with Gasteiger partial charge in [-0.3, -0.25) is 4.79 Å². The zero-order valence-corrected chi connectivity index (χ0v) is 12.8. The minimum absolute atomic E-state index is 0.180. The summed E-state index contributed by atoms with van der Waals surface area (Å²) < 4.78 is 4.81. The molecule has 0 unspecified atom stereocenters. The van der Waals surface area contributed by atoms with Crippen LogP contribution in [0, 0.1) is 0 Å². The zero-order valence-electron chi connectivity index (χ0n) is 12.8. The van der Waals surface area contributed by atoms with Crippen LogP contribution in [-0.4, -0.2) is 65.2 Å². The Morgan fingerprint density at radius 2 is 1.75 bits per heavy atom. The summed E-state index contributed by atoms with van der Waals surface area (Å²) in [5, 5.41) is 9.13. The van der Waals surface area contributed by atoms with Gasteiger partial charge in [0.05, 0.1) is 6.61 Å². The third-order valence-electron chi connectivity index (χ3n) is 3.04. The Morgan fingerprint density at radius 1 is 1.20 bits per heavy atom. The number of nitrogens with zero attached hydrogens (tertiary/aromatic N) is 2. The monoisotopic (exact) mass is 288 g/mol. The lowest BCUT2D eigenvalue weighted by atomic mass is 10.0. The van der Waals surface area contributed by atoms with Crippen LogP contribution >= 0.6 is 0 Å². The molecule has 0 fully saturated rings. The van der Waals surface area contributed by atoms with Crippen molar-refractivity contribution < 1.29 is 24.2 Å². The fourth-order valence-corrected chi connectivity index (χ4v) is 1.47. The first-order valence-electron chi connectivity index (χ1n) is 6.60. The van der Waals surface area contributed by atoms with Crippen molar-refractivity contribution >= 4 is 18.0 Å². The molecule has 1 N–H and O–H groups in total. The third kappa shape index (κ3) is 4.71. The number of hydrogen-bond donors (Lipinski definition) is 1. The first kappa shape index (κ1) is 18.2. The minimum Gasteiger partial charge on any atom is -0.480 e. The molecule has 116 valence electrons. The molecule has 7 nitrogen and oxygen atoms in total.